The van der Waals surface area contributed by atoms with Gasteiger partial charge in [-0.2, -0.15) is 0 Å². The van der Waals surface area contributed by atoms with Gasteiger partial charge in [0.25, 0.3) is 0 Å². The maximum atomic E-state index is 4.49. The average Bonchev–Trinajstić information content (AvgIpc) is 2.89. The fraction of sp³-hybridized carbons (Fsp3) is 0.615. The molecule has 3 nitrogen and oxygen atoms in total. The molecule has 3 rings (SSSR count). The number of fused-ring (bicyclic) bond motifs is 1. The Hall–Kier alpha value is -1.09. The second kappa shape index (κ2) is 4.06. The molecule has 0 aliphatic carbocycles. The van der Waals surface area contributed by atoms with Crippen molar-refractivity contribution in [2.45, 2.75) is 19.4 Å². The van der Waals surface area contributed by atoms with Crippen LogP contribution in [0.25, 0.3) is 0 Å². The fourth-order valence-corrected chi connectivity index (χ4v) is 3.33. The third-order valence-electron chi connectivity index (χ3n) is 4.08. The van der Waals surface area contributed by atoms with Crippen LogP contribution >= 0.6 is 0 Å². The van der Waals surface area contributed by atoms with Crippen LogP contribution in [0.2, 0.25) is 0 Å². The highest BCUT2D eigenvalue weighted by atomic mass is 15.3. The van der Waals surface area contributed by atoms with Crippen LogP contribution < -0.4 is 10.2 Å². The first-order valence-corrected chi connectivity index (χ1v) is 6.28. The van der Waals surface area contributed by atoms with E-state index in [2.05, 4.69) is 34.3 Å². The van der Waals surface area contributed by atoms with Crippen molar-refractivity contribution >= 4 is 5.82 Å². The van der Waals surface area contributed by atoms with E-state index in [0.717, 1.165) is 17.7 Å². The molecule has 0 spiro atoms. The Labute approximate surface area is 96.9 Å². The molecule has 0 radical (unpaired) electrons. The normalized spacial score (nSPS) is 33.1. The van der Waals surface area contributed by atoms with E-state index in [1.54, 1.807) is 0 Å². The summed E-state index contributed by atoms with van der Waals surface area (Å²) >= 11 is 0. The van der Waals surface area contributed by atoms with Crippen molar-refractivity contribution in [3.05, 3.63) is 24.4 Å². The quantitative estimate of drug-likeness (QED) is 0.814. The highest BCUT2D eigenvalue weighted by Gasteiger charge is 2.43. The van der Waals surface area contributed by atoms with Crippen LogP contribution in [-0.4, -0.2) is 30.7 Å². The SMILES string of the molecule is CCC1C2CNCC2CN1c1ccccn1. The van der Waals surface area contributed by atoms with Crippen molar-refractivity contribution < 1.29 is 0 Å². The Morgan fingerprint density at radius 2 is 2.38 bits per heavy atom. The highest BCUT2D eigenvalue weighted by molar-refractivity contribution is 5.42. The van der Waals surface area contributed by atoms with Gasteiger partial charge in [-0.3, -0.25) is 0 Å². The molecule has 1 aromatic rings. The summed E-state index contributed by atoms with van der Waals surface area (Å²) in [5.41, 5.74) is 0. The first-order chi connectivity index (χ1) is 7.90. The van der Waals surface area contributed by atoms with E-state index in [1.807, 2.05) is 12.3 Å². The second-order valence-electron chi connectivity index (χ2n) is 4.90. The predicted molar refractivity (Wildman–Crippen MR) is 65.5 cm³/mol. The number of nitrogens with zero attached hydrogens (tertiary/aromatic N) is 2. The van der Waals surface area contributed by atoms with Gasteiger partial charge >= 0.3 is 0 Å². The van der Waals surface area contributed by atoms with E-state index >= 15 is 0 Å². The summed E-state index contributed by atoms with van der Waals surface area (Å²) in [5, 5.41) is 3.51. The predicted octanol–water partition coefficient (Wildman–Crippen LogP) is 1.52. The maximum Gasteiger partial charge on any atom is 0.128 e. The number of nitrogens with one attached hydrogen (secondary N) is 1. The molecule has 0 bridgehead atoms. The molecule has 0 amide bonds. The Kier molecular flexibility index (Phi) is 2.56. The number of hydrogen-bond donors (Lipinski definition) is 1. The van der Waals surface area contributed by atoms with Crippen molar-refractivity contribution in [3.63, 3.8) is 0 Å². The van der Waals surface area contributed by atoms with Gasteiger partial charge in [0.1, 0.15) is 5.82 Å². The number of pyridine rings is 1. The molecule has 2 fully saturated rings. The molecule has 3 atom stereocenters. The molecule has 3 unspecified atom stereocenters. The van der Waals surface area contributed by atoms with Gasteiger partial charge in [0, 0.05) is 31.9 Å². The van der Waals surface area contributed by atoms with E-state index in [9.17, 15) is 0 Å². The van der Waals surface area contributed by atoms with Crippen molar-refractivity contribution in [2.75, 3.05) is 24.5 Å². The fourth-order valence-electron chi connectivity index (χ4n) is 3.33. The topological polar surface area (TPSA) is 28.2 Å². The van der Waals surface area contributed by atoms with E-state index < -0.39 is 0 Å². The molecule has 86 valence electrons. The molecule has 2 saturated heterocycles. The van der Waals surface area contributed by atoms with E-state index in [4.69, 9.17) is 0 Å². The summed E-state index contributed by atoms with van der Waals surface area (Å²) in [7, 11) is 0. The average molecular weight is 217 g/mol. The summed E-state index contributed by atoms with van der Waals surface area (Å²) < 4.78 is 0. The van der Waals surface area contributed by atoms with Gasteiger partial charge in [0.05, 0.1) is 0 Å². The Balaban J connectivity index is 1.86. The van der Waals surface area contributed by atoms with Gasteiger partial charge in [-0.15, -0.1) is 0 Å². The van der Waals surface area contributed by atoms with Gasteiger partial charge in [-0.1, -0.05) is 13.0 Å². The molecular weight excluding hydrogens is 198 g/mol. The molecule has 3 heterocycles. The Morgan fingerprint density at radius 1 is 1.44 bits per heavy atom. The largest absolute Gasteiger partial charge is 0.353 e. The standard InChI is InChI=1S/C13H19N3/c1-2-12-11-8-14-7-10(11)9-16(12)13-5-3-4-6-15-13/h3-6,10-12,14H,2,7-9H2,1H3. The zero-order chi connectivity index (χ0) is 11.0. The number of hydrogen-bond acceptors (Lipinski definition) is 3. The zero-order valence-corrected chi connectivity index (χ0v) is 9.76. The number of anilines is 1. The molecule has 3 heteroatoms. The molecule has 2 aliphatic rings. The maximum absolute atomic E-state index is 4.49. The Bertz CT molecular complexity index is 351. The van der Waals surface area contributed by atoms with E-state index in [0.29, 0.717) is 6.04 Å². The highest BCUT2D eigenvalue weighted by Crippen LogP contribution is 2.36. The first-order valence-electron chi connectivity index (χ1n) is 6.28. The van der Waals surface area contributed by atoms with Crippen molar-refractivity contribution in [1.29, 1.82) is 0 Å². The third-order valence-corrected chi connectivity index (χ3v) is 4.08. The minimum Gasteiger partial charge on any atom is -0.353 e. The van der Waals surface area contributed by atoms with Gasteiger partial charge in [-0.05, 0) is 30.4 Å². The van der Waals surface area contributed by atoms with Crippen LogP contribution in [0.5, 0.6) is 0 Å². The lowest BCUT2D eigenvalue weighted by Gasteiger charge is -2.27. The summed E-state index contributed by atoms with van der Waals surface area (Å²) in [6.45, 7) is 5.84. The molecule has 2 aliphatic heterocycles. The Morgan fingerprint density at radius 3 is 3.12 bits per heavy atom. The smallest absolute Gasteiger partial charge is 0.128 e. The van der Waals surface area contributed by atoms with E-state index in [1.165, 1.54) is 26.1 Å². The molecule has 0 aromatic carbocycles. The molecule has 0 saturated carbocycles. The molecule has 1 N–H and O–H groups in total. The minimum absolute atomic E-state index is 0.676. The minimum atomic E-state index is 0.676. The lowest BCUT2D eigenvalue weighted by molar-refractivity contribution is 0.441. The molecular formula is C13H19N3. The summed E-state index contributed by atoms with van der Waals surface area (Å²) in [6, 6.07) is 6.89. The van der Waals surface area contributed by atoms with Gasteiger partial charge in [0.15, 0.2) is 0 Å². The van der Waals surface area contributed by atoms with Crippen molar-refractivity contribution in [2.24, 2.45) is 11.8 Å². The lowest BCUT2D eigenvalue weighted by Crippen LogP contribution is -2.35. The van der Waals surface area contributed by atoms with Crippen molar-refractivity contribution in [1.82, 2.24) is 10.3 Å². The molecule has 16 heavy (non-hydrogen) atoms. The van der Waals surface area contributed by atoms with Gasteiger partial charge in [0.2, 0.25) is 0 Å². The lowest BCUT2D eigenvalue weighted by atomic mass is 9.93. The first kappa shape index (κ1) is 10.1. The number of rotatable bonds is 2. The summed E-state index contributed by atoms with van der Waals surface area (Å²) in [4.78, 5) is 7.00. The monoisotopic (exact) mass is 217 g/mol. The van der Waals surface area contributed by atoms with Crippen LogP contribution in [-0.2, 0) is 0 Å². The van der Waals surface area contributed by atoms with Gasteiger partial charge in [-0.25, -0.2) is 4.98 Å². The van der Waals surface area contributed by atoms with Gasteiger partial charge < -0.3 is 10.2 Å². The third kappa shape index (κ3) is 1.50. The van der Waals surface area contributed by atoms with Crippen LogP contribution in [0, 0.1) is 11.8 Å². The zero-order valence-electron chi connectivity index (χ0n) is 9.76. The second-order valence-corrected chi connectivity index (χ2v) is 4.90. The van der Waals surface area contributed by atoms with E-state index in [-0.39, 0.29) is 0 Å². The number of aromatic nitrogens is 1. The van der Waals surface area contributed by atoms with Crippen LogP contribution in [0.1, 0.15) is 13.3 Å². The van der Waals surface area contributed by atoms with Crippen LogP contribution in [0.15, 0.2) is 24.4 Å². The van der Waals surface area contributed by atoms with Crippen LogP contribution in [0.4, 0.5) is 5.82 Å². The summed E-state index contributed by atoms with van der Waals surface area (Å²) in [5.74, 6) is 2.81. The summed E-state index contributed by atoms with van der Waals surface area (Å²) in [6.07, 6.45) is 3.12. The van der Waals surface area contributed by atoms with Crippen molar-refractivity contribution in [3.8, 4) is 0 Å². The molecule has 1 aromatic heterocycles. The van der Waals surface area contributed by atoms with Crippen LogP contribution in [0.3, 0.4) is 0 Å².